The van der Waals surface area contributed by atoms with Crippen molar-refractivity contribution in [1.82, 2.24) is 10.2 Å². The first-order chi connectivity index (χ1) is 18.8. The van der Waals surface area contributed by atoms with E-state index in [1.165, 1.54) is 0 Å². The molecule has 2 amide bonds. The molecule has 0 spiro atoms. The number of halogens is 3. The number of aryl methyl sites for hydroxylation is 1. The van der Waals surface area contributed by atoms with Gasteiger partial charge in [0.15, 0.2) is 6.61 Å². The quantitative estimate of drug-likeness (QED) is 0.240. The van der Waals surface area contributed by atoms with E-state index >= 15 is 0 Å². The molecule has 0 aliphatic heterocycles. The highest BCUT2D eigenvalue weighted by atomic mass is 79.9. The molecule has 1 unspecified atom stereocenters. The number of amides is 2. The maximum atomic E-state index is 13.8. The Morgan fingerprint density at radius 1 is 1.03 bits per heavy atom. The van der Waals surface area contributed by atoms with Crippen LogP contribution < -0.4 is 10.1 Å². The Morgan fingerprint density at radius 2 is 1.77 bits per heavy atom. The highest BCUT2D eigenvalue weighted by Crippen LogP contribution is 2.28. The molecule has 0 radical (unpaired) electrons. The lowest BCUT2D eigenvalue weighted by Gasteiger charge is -2.32. The number of nitrogens with zero attached hydrogens (tertiary/aromatic N) is 1. The summed E-state index contributed by atoms with van der Waals surface area (Å²) in [6.07, 6.45) is 5.35. The molecule has 1 fully saturated rings. The number of carbonyl (C=O) groups is 2. The van der Waals surface area contributed by atoms with E-state index in [0.29, 0.717) is 27.8 Å². The summed E-state index contributed by atoms with van der Waals surface area (Å²) in [6.45, 7) is 2.00. The molecule has 1 N–H and O–H groups in total. The lowest BCUT2D eigenvalue weighted by molar-refractivity contribution is -0.143. The van der Waals surface area contributed by atoms with Gasteiger partial charge in [-0.15, -0.1) is 0 Å². The Kier molecular flexibility index (Phi) is 10.7. The van der Waals surface area contributed by atoms with Gasteiger partial charge in [-0.2, -0.15) is 0 Å². The van der Waals surface area contributed by atoms with E-state index in [2.05, 4.69) is 28.2 Å². The molecule has 5 nitrogen and oxygen atoms in total. The van der Waals surface area contributed by atoms with Gasteiger partial charge in [0.1, 0.15) is 11.8 Å². The fraction of sp³-hybridized carbons (Fsp3) is 0.355. The van der Waals surface area contributed by atoms with Gasteiger partial charge in [0.2, 0.25) is 5.91 Å². The summed E-state index contributed by atoms with van der Waals surface area (Å²) in [5, 5.41) is 4.15. The third-order valence-corrected chi connectivity index (χ3v) is 8.29. The lowest BCUT2D eigenvalue weighted by Crippen LogP contribution is -2.53. The van der Waals surface area contributed by atoms with Gasteiger partial charge in [0.25, 0.3) is 5.91 Å². The zero-order valence-electron chi connectivity index (χ0n) is 22.0. The van der Waals surface area contributed by atoms with E-state index in [1.807, 2.05) is 48.5 Å². The molecule has 3 aromatic carbocycles. The molecule has 0 aromatic heterocycles. The minimum atomic E-state index is -0.748. The molecule has 0 heterocycles. The van der Waals surface area contributed by atoms with Crippen molar-refractivity contribution >= 4 is 50.9 Å². The van der Waals surface area contributed by atoms with Crippen LogP contribution in [0.1, 0.15) is 49.3 Å². The third kappa shape index (κ3) is 8.23. The molecule has 0 bridgehead atoms. The Morgan fingerprint density at radius 3 is 2.44 bits per heavy atom. The van der Waals surface area contributed by atoms with Crippen LogP contribution in [0.3, 0.4) is 0 Å². The number of rotatable bonds is 11. The first-order valence-corrected chi connectivity index (χ1v) is 14.9. The summed E-state index contributed by atoms with van der Waals surface area (Å²) in [5.74, 6) is 0.0905. The summed E-state index contributed by atoms with van der Waals surface area (Å²) >= 11 is 16.2. The molecule has 206 valence electrons. The van der Waals surface area contributed by atoms with Crippen molar-refractivity contribution < 1.29 is 14.3 Å². The van der Waals surface area contributed by atoms with Crippen LogP contribution in [0.2, 0.25) is 10.0 Å². The molecule has 1 saturated carbocycles. The fourth-order valence-electron chi connectivity index (χ4n) is 4.86. The Balaban J connectivity index is 1.63. The van der Waals surface area contributed by atoms with Gasteiger partial charge in [0, 0.05) is 29.1 Å². The molecular formula is C31H33BrCl2N2O3. The summed E-state index contributed by atoms with van der Waals surface area (Å²) in [6, 6.07) is 20.1. The predicted octanol–water partition coefficient (Wildman–Crippen LogP) is 7.40. The number of carbonyl (C=O) groups excluding carboxylic acids is 2. The zero-order chi connectivity index (χ0) is 27.8. The van der Waals surface area contributed by atoms with E-state index in [1.54, 1.807) is 23.1 Å². The molecule has 1 atom stereocenters. The summed E-state index contributed by atoms with van der Waals surface area (Å²) < 4.78 is 6.74. The normalized spacial score (nSPS) is 14.2. The van der Waals surface area contributed by atoms with Gasteiger partial charge in [-0.05, 0) is 76.1 Å². The second-order valence-electron chi connectivity index (χ2n) is 9.86. The van der Waals surface area contributed by atoms with Crippen molar-refractivity contribution in [1.29, 1.82) is 0 Å². The maximum Gasteiger partial charge on any atom is 0.261 e. The van der Waals surface area contributed by atoms with Crippen LogP contribution in [0.5, 0.6) is 5.75 Å². The average Bonchev–Trinajstić information content (AvgIpc) is 3.44. The maximum absolute atomic E-state index is 13.8. The molecule has 8 heteroatoms. The second kappa shape index (κ2) is 14.2. The van der Waals surface area contributed by atoms with Crippen LogP contribution in [-0.2, 0) is 29.0 Å². The predicted molar refractivity (Wildman–Crippen MR) is 160 cm³/mol. The van der Waals surface area contributed by atoms with Crippen molar-refractivity contribution in [3.8, 4) is 5.75 Å². The minimum Gasteiger partial charge on any atom is -0.483 e. The van der Waals surface area contributed by atoms with Crippen LogP contribution in [0.4, 0.5) is 0 Å². The molecule has 1 aliphatic carbocycles. The summed E-state index contributed by atoms with van der Waals surface area (Å²) in [5.41, 5.74) is 2.82. The lowest BCUT2D eigenvalue weighted by atomic mass is 10.0. The Hall–Kier alpha value is -2.54. The summed E-state index contributed by atoms with van der Waals surface area (Å²) in [7, 11) is 0. The first kappa shape index (κ1) is 29.4. The number of nitrogens with one attached hydrogen (secondary N) is 1. The van der Waals surface area contributed by atoms with Crippen molar-refractivity contribution in [2.24, 2.45) is 0 Å². The van der Waals surface area contributed by atoms with Gasteiger partial charge in [-0.1, -0.05) is 85.4 Å². The van der Waals surface area contributed by atoms with Crippen molar-refractivity contribution in [2.75, 3.05) is 6.61 Å². The molecule has 39 heavy (non-hydrogen) atoms. The first-order valence-electron chi connectivity index (χ1n) is 13.3. The van der Waals surface area contributed by atoms with Gasteiger partial charge in [-0.3, -0.25) is 9.59 Å². The number of hydrogen-bond donors (Lipinski definition) is 1. The van der Waals surface area contributed by atoms with Crippen LogP contribution in [0, 0.1) is 0 Å². The molecular weight excluding hydrogens is 599 g/mol. The fourth-order valence-corrected chi connectivity index (χ4v) is 5.87. The Bertz CT molecular complexity index is 1280. The minimum absolute atomic E-state index is 0.121. The van der Waals surface area contributed by atoms with Crippen LogP contribution in [-0.4, -0.2) is 35.4 Å². The smallest absolute Gasteiger partial charge is 0.261 e. The topological polar surface area (TPSA) is 58.6 Å². The third-order valence-electron chi connectivity index (χ3n) is 7.08. The van der Waals surface area contributed by atoms with Gasteiger partial charge >= 0.3 is 0 Å². The van der Waals surface area contributed by atoms with Crippen molar-refractivity contribution in [3.05, 3.63) is 97.9 Å². The van der Waals surface area contributed by atoms with Crippen LogP contribution in [0.15, 0.2) is 71.2 Å². The monoisotopic (exact) mass is 630 g/mol. The van der Waals surface area contributed by atoms with Gasteiger partial charge in [0.05, 0.1) is 4.47 Å². The summed E-state index contributed by atoms with van der Waals surface area (Å²) in [4.78, 5) is 29.2. The van der Waals surface area contributed by atoms with Crippen LogP contribution in [0.25, 0.3) is 0 Å². The molecule has 4 rings (SSSR count). The highest BCUT2D eigenvalue weighted by molar-refractivity contribution is 9.10. The Labute approximate surface area is 249 Å². The van der Waals surface area contributed by atoms with Gasteiger partial charge < -0.3 is 15.0 Å². The van der Waals surface area contributed by atoms with E-state index < -0.39 is 6.04 Å². The van der Waals surface area contributed by atoms with E-state index in [9.17, 15) is 9.59 Å². The van der Waals surface area contributed by atoms with E-state index in [0.717, 1.165) is 47.7 Å². The SMILES string of the molecule is CCc1ccc(OCC(=O)N(Cc2ccc(Cl)cc2Cl)C(Cc2ccccc2)C(=O)NC2CCCC2)c(Br)c1. The van der Waals surface area contributed by atoms with Crippen molar-refractivity contribution in [2.45, 2.75) is 64.1 Å². The average molecular weight is 632 g/mol. The van der Waals surface area contributed by atoms with E-state index in [-0.39, 0.29) is 31.0 Å². The van der Waals surface area contributed by atoms with Gasteiger partial charge in [-0.25, -0.2) is 0 Å². The van der Waals surface area contributed by atoms with E-state index in [4.69, 9.17) is 27.9 Å². The number of benzene rings is 3. The van der Waals surface area contributed by atoms with Crippen molar-refractivity contribution in [3.63, 3.8) is 0 Å². The zero-order valence-corrected chi connectivity index (χ0v) is 25.1. The number of ether oxygens (including phenoxy) is 1. The molecule has 1 aliphatic rings. The number of hydrogen-bond acceptors (Lipinski definition) is 3. The highest BCUT2D eigenvalue weighted by Gasteiger charge is 2.33. The molecule has 0 saturated heterocycles. The van der Waals surface area contributed by atoms with Crippen LogP contribution >= 0.6 is 39.1 Å². The largest absolute Gasteiger partial charge is 0.483 e. The standard InChI is InChI=1S/C31H33BrCl2N2O3/c1-2-21-12-15-29(26(32)16-21)39-20-30(37)36(19-23-13-14-24(33)18-27(23)34)28(17-22-8-4-3-5-9-22)31(38)35-25-10-6-7-11-25/h3-5,8-9,12-16,18,25,28H,2,6-7,10-11,17,19-20H2,1H3,(H,35,38). The second-order valence-corrected chi connectivity index (χ2v) is 11.6. The molecule has 3 aromatic rings.